The van der Waals surface area contributed by atoms with Crippen molar-refractivity contribution in [2.75, 3.05) is 11.4 Å². The number of amides is 1. The van der Waals surface area contributed by atoms with Crippen molar-refractivity contribution in [3.8, 4) is 0 Å². The Morgan fingerprint density at radius 3 is 2.65 bits per heavy atom. The average Bonchev–Trinajstić information content (AvgIpc) is 2.94. The standard InChI is InChI=1S/C18H27N3O2/c1-18(2,3)23-17(22)21(13-7-4-8-13)16-14(9-5-12-20-16)15-10-6-11-19-15/h5,9,12-13,15,19H,4,6-8,10-11H2,1-3H3/t15-/m0/s1. The predicted octanol–water partition coefficient (Wildman–Crippen LogP) is 3.80. The summed E-state index contributed by atoms with van der Waals surface area (Å²) in [6.45, 7) is 6.74. The highest BCUT2D eigenvalue weighted by molar-refractivity contribution is 5.88. The zero-order chi connectivity index (χ0) is 16.4. The molecule has 5 heteroatoms. The van der Waals surface area contributed by atoms with E-state index in [2.05, 4.69) is 16.4 Å². The molecule has 0 spiro atoms. The summed E-state index contributed by atoms with van der Waals surface area (Å²) >= 11 is 0. The molecule has 1 saturated carbocycles. The van der Waals surface area contributed by atoms with Crippen LogP contribution in [0.3, 0.4) is 0 Å². The third kappa shape index (κ3) is 3.66. The number of nitrogens with zero attached hydrogens (tertiary/aromatic N) is 2. The molecule has 1 aliphatic carbocycles. The van der Waals surface area contributed by atoms with Crippen molar-refractivity contribution in [2.45, 2.75) is 70.6 Å². The van der Waals surface area contributed by atoms with Gasteiger partial charge in [-0.2, -0.15) is 0 Å². The molecule has 0 radical (unpaired) electrons. The van der Waals surface area contributed by atoms with Gasteiger partial charge in [-0.1, -0.05) is 6.07 Å². The maximum Gasteiger partial charge on any atom is 0.416 e. The Balaban J connectivity index is 1.92. The second-order valence-corrected chi connectivity index (χ2v) is 7.50. The van der Waals surface area contributed by atoms with Gasteiger partial charge in [0.1, 0.15) is 11.4 Å². The van der Waals surface area contributed by atoms with Crippen LogP contribution in [0.4, 0.5) is 10.6 Å². The lowest BCUT2D eigenvalue weighted by Crippen LogP contribution is -2.47. The number of carbonyl (C=O) groups is 1. The first-order valence-electron chi connectivity index (χ1n) is 8.66. The number of ether oxygens (including phenoxy) is 1. The smallest absolute Gasteiger partial charge is 0.416 e. The van der Waals surface area contributed by atoms with Crippen molar-refractivity contribution in [3.63, 3.8) is 0 Å². The third-order valence-corrected chi connectivity index (χ3v) is 4.51. The molecule has 1 N–H and O–H groups in total. The van der Waals surface area contributed by atoms with E-state index in [1.807, 2.05) is 26.8 Å². The third-order valence-electron chi connectivity index (χ3n) is 4.51. The lowest BCUT2D eigenvalue weighted by atomic mass is 9.91. The summed E-state index contributed by atoms with van der Waals surface area (Å²) in [5.41, 5.74) is 0.613. The zero-order valence-electron chi connectivity index (χ0n) is 14.3. The number of pyridine rings is 1. The normalized spacial score (nSPS) is 21.8. The zero-order valence-corrected chi connectivity index (χ0v) is 14.3. The average molecular weight is 317 g/mol. The van der Waals surface area contributed by atoms with Gasteiger partial charge in [0.2, 0.25) is 0 Å². The van der Waals surface area contributed by atoms with Crippen LogP contribution < -0.4 is 10.2 Å². The summed E-state index contributed by atoms with van der Waals surface area (Å²) in [6.07, 6.45) is 6.94. The SMILES string of the molecule is CC(C)(C)OC(=O)N(c1ncccc1[C@@H]1CCCN1)C1CCC1. The van der Waals surface area contributed by atoms with Crippen LogP contribution in [0.25, 0.3) is 0 Å². The maximum atomic E-state index is 12.8. The topological polar surface area (TPSA) is 54.5 Å². The lowest BCUT2D eigenvalue weighted by Gasteiger charge is -2.38. The van der Waals surface area contributed by atoms with E-state index in [9.17, 15) is 4.79 Å². The number of hydrogen-bond donors (Lipinski definition) is 1. The van der Waals surface area contributed by atoms with Crippen molar-refractivity contribution in [3.05, 3.63) is 23.9 Å². The quantitative estimate of drug-likeness (QED) is 0.921. The summed E-state index contributed by atoms with van der Waals surface area (Å²) in [5, 5.41) is 3.51. The van der Waals surface area contributed by atoms with E-state index in [4.69, 9.17) is 4.74 Å². The van der Waals surface area contributed by atoms with Crippen molar-refractivity contribution in [2.24, 2.45) is 0 Å². The van der Waals surface area contributed by atoms with Gasteiger partial charge in [-0.05, 0) is 65.5 Å². The molecule has 3 rings (SSSR count). The van der Waals surface area contributed by atoms with Crippen LogP contribution >= 0.6 is 0 Å². The Morgan fingerprint density at radius 2 is 2.09 bits per heavy atom. The van der Waals surface area contributed by atoms with Crippen molar-refractivity contribution in [1.29, 1.82) is 0 Å². The fraction of sp³-hybridized carbons (Fsp3) is 0.667. The molecule has 1 atom stereocenters. The molecule has 23 heavy (non-hydrogen) atoms. The first-order valence-corrected chi connectivity index (χ1v) is 8.66. The molecule has 2 aliphatic rings. The second-order valence-electron chi connectivity index (χ2n) is 7.50. The molecule has 1 amide bonds. The Bertz CT molecular complexity index is 558. The van der Waals surface area contributed by atoms with E-state index in [0.717, 1.165) is 50.0 Å². The Labute approximate surface area is 138 Å². The minimum Gasteiger partial charge on any atom is -0.443 e. The largest absolute Gasteiger partial charge is 0.443 e. The van der Waals surface area contributed by atoms with Gasteiger partial charge in [0.25, 0.3) is 0 Å². The molecular weight excluding hydrogens is 290 g/mol. The number of carbonyl (C=O) groups excluding carboxylic acids is 1. The Kier molecular flexibility index (Phi) is 4.57. The van der Waals surface area contributed by atoms with E-state index < -0.39 is 5.60 Å². The van der Waals surface area contributed by atoms with Crippen molar-refractivity contribution in [1.82, 2.24) is 10.3 Å². The van der Waals surface area contributed by atoms with Gasteiger partial charge >= 0.3 is 6.09 Å². The summed E-state index contributed by atoms with van der Waals surface area (Å²) in [5.74, 6) is 0.769. The number of anilines is 1. The van der Waals surface area contributed by atoms with E-state index in [1.54, 1.807) is 11.1 Å². The van der Waals surface area contributed by atoms with Crippen LogP contribution in [0.15, 0.2) is 18.3 Å². The van der Waals surface area contributed by atoms with Crippen LogP contribution in [0.2, 0.25) is 0 Å². The van der Waals surface area contributed by atoms with Gasteiger partial charge in [-0.25, -0.2) is 9.78 Å². The highest BCUT2D eigenvalue weighted by atomic mass is 16.6. The first kappa shape index (κ1) is 16.2. The molecule has 5 nitrogen and oxygen atoms in total. The van der Waals surface area contributed by atoms with Crippen LogP contribution in [-0.2, 0) is 4.74 Å². The summed E-state index contributed by atoms with van der Waals surface area (Å²) < 4.78 is 5.66. The second kappa shape index (κ2) is 6.48. The fourth-order valence-corrected chi connectivity index (χ4v) is 3.20. The molecule has 1 aromatic rings. The van der Waals surface area contributed by atoms with Crippen LogP contribution in [0, 0.1) is 0 Å². The number of rotatable bonds is 3. The van der Waals surface area contributed by atoms with Gasteiger partial charge in [0.05, 0.1) is 0 Å². The Hall–Kier alpha value is -1.62. The van der Waals surface area contributed by atoms with Gasteiger partial charge in [-0.3, -0.25) is 4.90 Å². The molecule has 126 valence electrons. The van der Waals surface area contributed by atoms with Gasteiger partial charge in [0, 0.05) is 23.8 Å². The van der Waals surface area contributed by atoms with E-state index in [0.29, 0.717) is 0 Å². The molecule has 1 saturated heterocycles. The first-order chi connectivity index (χ1) is 11.0. The molecule has 0 unspecified atom stereocenters. The van der Waals surface area contributed by atoms with Gasteiger partial charge in [0.15, 0.2) is 0 Å². The van der Waals surface area contributed by atoms with Crippen LogP contribution in [-0.4, -0.2) is 29.3 Å². The minimum atomic E-state index is -0.500. The highest BCUT2D eigenvalue weighted by Crippen LogP contribution is 2.35. The van der Waals surface area contributed by atoms with E-state index >= 15 is 0 Å². The highest BCUT2D eigenvalue weighted by Gasteiger charge is 2.36. The lowest BCUT2D eigenvalue weighted by molar-refractivity contribution is 0.0547. The molecule has 0 bridgehead atoms. The number of nitrogens with one attached hydrogen (secondary N) is 1. The summed E-state index contributed by atoms with van der Waals surface area (Å²) in [4.78, 5) is 19.2. The molecular formula is C18H27N3O2. The Morgan fingerprint density at radius 1 is 1.30 bits per heavy atom. The monoisotopic (exact) mass is 317 g/mol. The number of aromatic nitrogens is 1. The fourth-order valence-electron chi connectivity index (χ4n) is 3.20. The minimum absolute atomic E-state index is 0.208. The van der Waals surface area contributed by atoms with Crippen molar-refractivity contribution < 1.29 is 9.53 Å². The van der Waals surface area contributed by atoms with Crippen LogP contribution in [0.1, 0.15) is 64.5 Å². The summed E-state index contributed by atoms with van der Waals surface area (Å²) in [6, 6.07) is 4.53. The van der Waals surface area contributed by atoms with E-state index in [-0.39, 0.29) is 18.2 Å². The van der Waals surface area contributed by atoms with E-state index in [1.165, 1.54) is 0 Å². The molecule has 2 fully saturated rings. The molecule has 1 aliphatic heterocycles. The van der Waals surface area contributed by atoms with Crippen molar-refractivity contribution >= 4 is 11.9 Å². The summed E-state index contributed by atoms with van der Waals surface area (Å²) in [7, 11) is 0. The molecule has 1 aromatic heterocycles. The number of hydrogen-bond acceptors (Lipinski definition) is 4. The van der Waals surface area contributed by atoms with Crippen LogP contribution in [0.5, 0.6) is 0 Å². The van der Waals surface area contributed by atoms with Gasteiger partial charge in [-0.15, -0.1) is 0 Å². The predicted molar refractivity (Wildman–Crippen MR) is 90.6 cm³/mol. The molecule has 0 aromatic carbocycles. The molecule has 2 heterocycles. The maximum absolute atomic E-state index is 12.8. The van der Waals surface area contributed by atoms with Gasteiger partial charge < -0.3 is 10.1 Å².